The van der Waals surface area contributed by atoms with E-state index in [2.05, 4.69) is 26.0 Å². The molecule has 0 radical (unpaired) electrons. The normalized spacial score (nSPS) is 50.0. The van der Waals surface area contributed by atoms with Gasteiger partial charge in [0.1, 0.15) is 12.2 Å². The van der Waals surface area contributed by atoms with Crippen LogP contribution in [-0.2, 0) is 38.1 Å². The zero-order valence-corrected chi connectivity index (χ0v) is 24.3. The Labute approximate surface area is 235 Å². The summed E-state index contributed by atoms with van der Waals surface area (Å²) in [5, 5.41) is 0. The predicted octanol–water partition coefficient (Wildman–Crippen LogP) is 4.39. The van der Waals surface area contributed by atoms with Crippen LogP contribution in [0.3, 0.4) is 0 Å². The van der Waals surface area contributed by atoms with Crippen molar-refractivity contribution >= 4 is 23.7 Å². The summed E-state index contributed by atoms with van der Waals surface area (Å²) in [6.07, 6.45) is 8.00. The Balaban J connectivity index is 1.25. The molecule has 8 nitrogen and oxygen atoms in total. The van der Waals surface area contributed by atoms with Crippen molar-refractivity contribution in [2.45, 2.75) is 115 Å². The molecule has 3 heterocycles. The molecule has 7 aliphatic rings. The molecule has 4 aliphatic carbocycles. The fraction of sp³-hybridized carbons (Fsp3) is 0.750. The Bertz CT molecular complexity index is 1310. The molecule has 0 aromatic heterocycles. The highest BCUT2D eigenvalue weighted by Gasteiger charge is 2.70. The second-order valence-corrected chi connectivity index (χ2v) is 14.7. The van der Waals surface area contributed by atoms with E-state index in [-0.39, 0.29) is 64.9 Å². The number of esters is 3. The summed E-state index contributed by atoms with van der Waals surface area (Å²) in [6.45, 7) is 11.7. The quantitative estimate of drug-likeness (QED) is 0.367. The maximum atomic E-state index is 14.1. The zero-order valence-electron chi connectivity index (χ0n) is 24.3. The molecular weight excluding hydrogens is 512 g/mol. The molecule has 0 amide bonds. The summed E-state index contributed by atoms with van der Waals surface area (Å²) in [5.41, 5.74) is -1.32. The van der Waals surface area contributed by atoms with Crippen LogP contribution in [0.5, 0.6) is 0 Å². The summed E-state index contributed by atoms with van der Waals surface area (Å²) in [5.74, 6) is -1.02. The van der Waals surface area contributed by atoms with Crippen molar-refractivity contribution in [3.05, 3.63) is 23.3 Å². The Hall–Kier alpha value is -2.48. The predicted molar refractivity (Wildman–Crippen MR) is 141 cm³/mol. The summed E-state index contributed by atoms with van der Waals surface area (Å²) < 4.78 is 24.0. The van der Waals surface area contributed by atoms with Crippen molar-refractivity contribution in [3.63, 3.8) is 0 Å². The van der Waals surface area contributed by atoms with E-state index in [0.717, 1.165) is 30.4 Å². The first-order valence-corrected chi connectivity index (χ1v) is 14.9. The van der Waals surface area contributed by atoms with Gasteiger partial charge in [-0.2, -0.15) is 0 Å². The minimum atomic E-state index is -1.26. The third kappa shape index (κ3) is 3.12. The third-order valence-corrected chi connectivity index (χ3v) is 12.5. The van der Waals surface area contributed by atoms with E-state index >= 15 is 0 Å². The van der Waals surface area contributed by atoms with Crippen LogP contribution in [0, 0.1) is 34.5 Å². The van der Waals surface area contributed by atoms with Crippen molar-refractivity contribution in [2.24, 2.45) is 34.5 Å². The van der Waals surface area contributed by atoms with Crippen molar-refractivity contribution in [1.82, 2.24) is 0 Å². The Morgan fingerprint density at radius 3 is 2.52 bits per heavy atom. The monoisotopic (exact) mass is 552 g/mol. The van der Waals surface area contributed by atoms with E-state index in [1.165, 1.54) is 6.92 Å². The van der Waals surface area contributed by atoms with Crippen LogP contribution in [0.15, 0.2) is 23.3 Å². The van der Waals surface area contributed by atoms with Crippen molar-refractivity contribution < 1.29 is 38.1 Å². The van der Waals surface area contributed by atoms with E-state index in [9.17, 15) is 19.2 Å². The fourth-order valence-electron chi connectivity index (χ4n) is 10.4. The van der Waals surface area contributed by atoms with Gasteiger partial charge < -0.3 is 18.9 Å². The number of hydrogen-bond acceptors (Lipinski definition) is 8. The Morgan fingerprint density at radius 1 is 1.05 bits per heavy atom. The molecule has 0 aromatic rings. The van der Waals surface area contributed by atoms with Crippen LogP contribution in [0.25, 0.3) is 0 Å². The summed E-state index contributed by atoms with van der Waals surface area (Å²) in [4.78, 5) is 51.5. The van der Waals surface area contributed by atoms with Gasteiger partial charge in [0.2, 0.25) is 5.60 Å². The standard InChI is InChI=1S/C32H40O8/c1-16(33)38-31(6)17-11-18(23(12-17)37-27(31)36)21-9-10-29(4)20-7-8-24-28(2,3)39-25-13-26(35)40-32(24,25)14-19(20)22(34)15-30(21,29)5/h7-8,17-18,21,23-25H,9-15H2,1-6H3/t17-,18+,21-,23-,24+,25-,29+,30-,31-,32-/m1/s1. The van der Waals surface area contributed by atoms with Crippen molar-refractivity contribution in [1.29, 1.82) is 0 Å². The average molecular weight is 553 g/mol. The lowest BCUT2D eigenvalue weighted by Crippen LogP contribution is -2.51. The highest BCUT2D eigenvalue weighted by Crippen LogP contribution is 2.70. The summed E-state index contributed by atoms with van der Waals surface area (Å²) >= 11 is 0. The summed E-state index contributed by atoms with van der Waals surface area (Å²) in [6, 6.07) is 0. The second-order valence-electron chi connectivity index (χ2n) is 14.7. The van der Waals surface area contributed by atoms with E-state index < -0.39 is 28.7 Å². The Morgan fingerprint density at radius 2 is 1.80 bits per heavy atom. The lowest BCUT2D eigenvalue weighted by Gasteiger charge is -2.51. The molecule has 3 aliphatic heterocycles. The van der Waals surface area contributed by atoms with Crippen LogP contribution in [0.1, 0.15) is 86.5 Å². The minimum Gasteiger partial charge on any atom is -0.459 e. The summed E-state index contributed by atoms with van der Waals surface area (Å²) in [7, 11) is 0. The molecule has 40 heavy (non-hydrogen) atoms. The largest absolute Gasteiger partial charge is 0.459 e. The highest BCUT2D eigenvalue weighted by molar-refractivity contribution is 5.99. The first kappa shape index (κ1) is 26.4. The molecular formula is C32H40O8. The highest BCUT2D eigenvalue weighted by atomic mass is 16.6. The van der Waals surface area contributed by atoms with Gasteiger partial charge in [0, 0.05) is 37.2 Å². The molecule has 3 saturated heterocycles. The van der Waals surface area contributed by atoms with E-state index in [0.29, 0.717) is 19.3 Å². The topological polar surface area (TPSA) is 105 Å². The molecule has 2 saturated carbocycles. The molecule has 0 aromatic carbocycles. The molecule has 10 atom stereocenters. The lowest BCUT2D eigenvalue weighted by atomic mass is 9.52. The van der Waals surface area contributed by atoms with Gasteiger partial charge in [0.25, 0.3) is 0 Å². The lowest BCUT2D eigenvalue weighted by molar-refractivity contribution is -0.197. The van der Waals surface area contributed by atoms with E-state index in [1.807, 2.05) is 13.8 Å². The average Bonchev–Trinajstić information content (AvgIpc) is 3.44. The van der Waals surface area contributed by atoms with Gasteiger partial charge in [0.15, 0.2) is 11.4 Å². The molecule has 8 heteroatoms. The number of ketones is 1. The molecule has 5 fully saturated rings. The van der Waals surface area contributed by atoms with Gasteiger partial charge in [-0.15, -0.1) is 0 Å². The Kier molecular flexibility index (Phi) is 5.20. The van der Waals surface area contributed by atoms with Crippen molar-refractivity contribution in [3.8, 4) is 0 Å². The molecule has 0 unspecified atom stereocenters. The number of carbonyl (C=O) groups is 4. The number of hydrogen-bond donors (Lipinski definition) is 0. The van der Waals surface area contributed by atoms with E-state index in [1.54, 1.807) is 6.92 Å². The number of fused-ring (bicyclic) bond motifs is 4. The van der Waals surface area contributed by atoms with Gasteiger partial charge >= 0.3 is 17.9 Å². The first-order valence-electron chi connectivity index (χ1n) is 14.9. The van der Waals surface area contributed by atoms with Gasteiger partial charge in [-0.05, 0) is 74.7 Å². The first-order chi connectivity index (χ1) is 18.6. The maximum absolute atomic E-state index is 14.1. The number of allylic oxidation sites excluding steroid dienone is 2. The zero-order chi connectivity index (χ0) is 28.6. The fourth-order valence-corrected chi connectivity index (χ4v) is 10.4. The minimum absolute atomic E-state index is 0.0929. The molecule has 2 bridgehead atoms. The van der Waals surface area contributed by atoms with Crippen LogP contribution >= 0.6 is 0 Å². The van der Waals surface area contributed by atoms with Gasteiger partial charge in [0.05, 0.1) is 12.0 Å². The molecule has 1 spiro atoms. The van der Waals surface area contributed by atoms with Gasteiger partial charge in [-0.1, -0.05) is 26.0 Å². The van der Waals surface area contributed by atoms with Crippen LogP contribution in [-0.4, -0.2) is 52.7 Å². The van der Waals surface area contributed by atoms with E-state index in [4.69, 9.17) is 18.9 Å². The third-order valence-electron chi connectivity index (χ3n) is 12.5. The number of carbonyl (C=O) groups excluding carboxylic acids is 4. The van der Waals surface area contributed by atoms with Gasteiger partial charge in [-0.25, -0.2) is 4.79 Å². The maximum Gasteiger partial charge on any atom is 0.350 e. The molecule has 216 valence electrons. The van der Waals surface area contributed by atoms with Gasteiger partial charge in [-0.3, -0.25) is 14.4 Å². The number of ether oxygens (including phenoxy) is 4. The van der Waals surface area contributed by atoms with Crippen LogP contribution < -0.4 is 0 Å². The molecule has 0 N–H and O–H groups in total. The van der Waals surface area contributed by atoms with Crippen molar-refractivity contribution in [2.75, 3.05) is 0 Å². The van der Waals surface area contributed by atoms with Crippen LogP contribution in [0.4, 0.5) is 0 Å². The second kappa shape index (κ2) is 7.87. The number of Topliss-reactive ketones (excluding diaryl/α,β-unsaturated/α-hetero) is 1. The van der Waals surface area contributed by atoms with Crippen LogP contribution in [0.2, 0.25) is 0 Å². The number of rotatable bonds is 2. The molecule has 7 rings (SSSR count). The smallest absolute Gasteiger partial charge is 0.350 e. The SMILES string of the molecule is CC(=O)O[C@@]1(C)C(=O)O[C@@H]2C[C@H]1C[C@H]2[C@H]1CC[C@@]2(C)C3=C(C[C@]45OC(=O)C[C@H]4OC(C)(C)[C@@H]5C=C3)C(=O)C[C@]12C.